The molecule has 0 saturated carbocycles. The lowest BCUT2D eigenvalue weighted by atomic mass is 10.1. The number of ether oxygens (including phenoxy) is 1. The Kier molecular flexibility index (Phi) is 7.31. The Bertz CT molecular complexity index is 1220. The lowest BCUT2D eigenvalue weighted by Crippen LogP contribution is -2.46. The molecule has 8 nitrogen and oxygen atoms in total. The standard InChI is InChI=1S/C22H25N5O3S.C2H6/c1-13-7-6-8-15-17(13)27(21(29)30-22(2,3)4)10-9-26(15)16-11-14-12-23-20(31-5)25-18(14)24-19(16)28;1-2/h6-8,11-12H,9-10H2,1-5H3,(H,23,24,25,28);1-2H3. The van der Waals surface area contributed by atoms with Gasteiger partial charge in [-0.1, -0.05) is 37.7 Å². The lowest BCUT2D eigenvalue weighted by Gasteiger charge is -2.38. The second-order valence-electron chi connectivity index (χ2n) is 8.37. The first-order chi connectivity index (χ1) is 15.7. The van der Waals surface area contributed by atoms with Gasteiger partial charge >= 0.3 is 6.09 Å². The quantitative estimate of drug-likeness (QED) is 0.404. The molecular weight excluding hydrogens is 438 g/mol. The molecule has 0 spiro atoms. The van der Waals surface area contributed by atoms with Crippen LogP contribution in [0.3, 0.4) is 0 Å². The fourth-order valence-electron chi connectivity index (χ4n) is 3.66. The van der Waals surface area contributed by atoms with Crippen molar-refractivity contribution in [3.63, 3.8) is 0 Å². The second-order valence-corrected chi connectivity index (χ2v) is 9.14. The van der Waals surface area contributed by atoms with E-state index in [1.807, 2.05) is 70.9 Å². The normalized spacial score (nSPS) is 13.3. The number of rotatable bonds is 2. The molecule has 0 saturated heterocycles. The Morgan fingerprint density at radius 1 is 1.18 bits per heavy atom. The SMILES string of the molecule is CC.CSc1ncc2cc(N3CCN(C(=O)OC(C)(C)C)c4c(C)cccc43)c(=O)[nH]c2n1. The van der Waals surface area contributed by atoms with Crippen LogP contribution < -0.4 is 15.4 Å². The summed E-state index contributed by atoms with van der Waals surface area (Å²) in [6.45, 7) is 12.3. The molecule has 1 aromatic carbocycles. The van der Waals surface area contributed by atoms with Crippen molar-refractivity contribution in [1.82, 2.24) is 15.0 Å². The van der Waals surface area contributed by atoms with Crippen LogP contribution in [0.25, 0.3) is 11.0 Å². The van der Waals surface area contributed by atoms with Crippen molar-refractivity contribution in [2.24, 2.45) is 0 Å². The van der Waals surface area contributed by atoms with Crippen molar-refractivity contribution in [2.45, 2.75) is 52.3 Å². The number of pyridine rings is 1. The Labute approximate surface area is 198 Å². The summed E-state index contributed by atoms with van der Waals surface area (Å²) in [5.74, 6) is 0. The second kappa shape index (κ2) is 9.82. The summed E-state index contributed by atoms with van der Waals surface area (Å²) < 4.78 is 5.62. The van der Waals surface area contributed by atoms with Crippen molar-refractivity contribution < 1.29 is 9.53 Å². The van der Waals surface area contributed by atoms with Gasteiger partial charge in [-0.05, 0) is 51.6 Å². The molecule has 1 aliphatic rings. The zero-order valence-corrected chi connectivity index (χ0v) is 21.0. The van der Waals surface area contributed by atoms with Gasteiger partial charge in [-0.2, -0.15) is 0 Å². The Balaban J connectivity index is 0.00000149. The van der Waals surface area contributed by atoms with E-state index in [-0.39, 0.29) is 5.56 Å². The van der Waals surface area contributed by atoms with Crippen molar-refractivity contribution >= 4 is 46.0 Å². The fourth-order valence-corrected chi connectivity index (χ4v) is 4.00. The van der Waals surface area contributed by atoms with E-state index in [1.165, 1.54) is 11.8 Å². The van der Waals surface area contributed by atoms with Crippen LogP contribution in [0.15, 0.2) is 40.4 Å². The van der Waals surface area contributed by atoms with Crippen LogP contribution in [0.1, 0.15) is 40.2 Å². The number of nitrogens with one attached hydrogen (secondary N) is 1. The number of nitrogens with zero attached hydrogens (tertiary/aromatic N) is 4. The highest BCUT2D eigenvalue weighted by molar-refractivity contribution is 7.98. The molecule has 3 heterocycles. The monoisotopic (exact) mass is 469 g/mol. The summed E-state index contributed by atoms with van der Waals surface area (Å²) in [6.07, 6.45) is 3.20. The molecule has 3 aromatic rings. The molecule has 176 valence electrons. The van der Waals surface area contributed by atoms with Crippen LogP contribution in [0.5, 0.6) is 0 Å². The maximum atomic E-state index is 13.0. The number of aryl methyl sites for hydroxylation is 1. The summed E-state index contributed by atoms with van der Waals surface area (Å²) in [4.78, 5) is 41.0. The van der Waals surface area contributed by atoms with E-state index < -0.39 is 11.7 Å². The molecule has 2 aromatic heterocycles. The van der Waals surface area contributed by atoms with Crippen LogP contribution in [0.2, 0.25) is 0 Å². The highest BCUT2D eigenvalue weighted by Gasteiger charge is 2.32. The number of thioether (sulfide) groups is 1. The number of H-pyrrole nitrogens is 1. The number of aromatic amines is 1. The summed E-state index contributed by atoms with van der Waals surface area (Å²) in [5.41, 5.74) is 2.62. The van der Waals surface area contributed by atoms with Gasteiger partial charge in [-0.3, -0.25) is 9.69 Å². The number of hydrogen-bond acceptors (Lipinski definition) is 7. The molecule has 0 radical (unpaired) electrons. The summed E-state index contributed by atoms with van der Waals surface area (Å²) in [7, 11) is 0. The fraction of sp³-hybridized carbons (Fsp3) is 0.417. The van der Waals surface area contributed by atoms with E-state index >= 15 is 0 Å². The largest absolute Gasteiger partial charge is 0.443 e. The highest BCUT2D eigenvalue weighted by Crippen LogP contribution is 2.39. The van der Waals surface area contributed by atoms with E-state index in [0.29, 0.717) is 29.6 Å². The third-order valence-corrected chi connectivity index (χ3v) is 5.53. The predicted molar refractivity (Wildman–Crippen MR) is 135 cm³/mol. The van der Waals surface area contributed by atoms with Crippen LogP contribution in [-0.4, -0.2) is 46.0 Å². The van der Waals surface area contributed by atoms with Gasteiger partial charge in [-0.25, -0.2) is 14.8 Å². The average molecular weight is 470 g/mol. The third kappa shape index (κ3) is 5.13. The summed E-state index contributed by atoms with van der Waals surface area (Å²) in [6, 6.07) is 7.58. The summed E-state index contributed by atoms with van der Waals surface area (Å²) >= 11 is 1.42. The van der Waals surface area contributed by atoms with Gasteiger partial charge in [0.2, 0.25) is 0 Å². The number of anilines is 3. The molecule has 0 aliphatic carbocycles. The number of amides is 1. The number of carbonyl (C=O) groups excluding carboxylic acids is 1. The van der Waals surface area contributed by atoms with Gasteiger partial charge in [0.1, 0.15) is 16.9 Å². The zero-order chi connectivity index (χ0) is 24.3. The van der Waals surface area contributed by atoms with Crippen LogP contribution >= 0.6 is 11.8 Å². The minimum atomic E-state index is -0.595. The molecular formula is C24H31N5O3S. The minimum Gasteiger partial charge on any atom is -0.443 e. The van der Waals surface area contributed by atoms with E-state index in [0.717, 1.165) is 22.3 Å². The van der Waals surface area contributed by atoms with Gasteiger partial charge in [0.25, 0.3) is 5.56 Å². The highest BCUT2D eigenvalue weighted by atomic mass is 32.2. The van der Waals surface area contributed by atoms with Gasteiger partial charge in [0.05, 0.1) is 11.4 Å². The number of carbonyl (C=O) groups is 1. The molecule has 0 fully saturated rings. The van der Waals surface area contributed by atoms with Gasteiger partial charge in [0.15, 0.2) is 5.16 Å². The van der Waals surface area contributed by atoms with Crippen LogP contribution in [0.4, 0.5) is 21.9 Å². The molecule has 0 atom stereocenters. The minimum absolute atomic E-state index is 0.239. The van der Waals surface area contributed by atoms with Gasteiger partial charge in [0, 0.05) is 24.7 Å². The topological polar surface area (TPSA) is 91.4 Å². The van der Waals surface area contributed by atoms with Gasteiger partial charge in [-0.15, -0.1) is 0 Å². The number of benzene rings is 1. The Morgan fingerprint density at radius 3 is 2.58 bits per heavy atom. The first-order valence-corrected chi connectivity index (χ1v) is 12.2. The molecule has 1 N–H and O–H groups in total. The smallest absolute Gasteiger partial charge is 0.414 e. The zero-order valence-electron chi connectivity index (χ0n) is 20.2. The maximum Gasteiger partial charge on any atom is 0.414 e. The van der Waals surface area contributed by atoms with E-state index in [9.17, 15) is 9.59 Å². The number of fused-ring (bicyclic) bond motifs is 2. The van der Waals surface area contributed by atoms with Crippen LogP contribution in [0, 0.1) is 6.92 Å². The van der Waals surface area contributed by atoms with Crippen molar-refractivity contribution in [2.75, 3.05) is 29.1 Å². The van der Waals surface area contributed by atoms with Crippen molar-refractivity contribution in [3.8, 4) is 0 Å². The molecule has 1 aliphatic heterocycles. The first-order valence-electron chi connectivity index (χ1n) is 11.0. The third-order valence-electron chi connectivity index (χ3n) is 4.96. The number of para-hydroxylation sites is 1. The predicted octanol–water partition coefficient (Wildman–Crippen LogP) is 5.27. The Hall–Kier alpha value is -3.07. The first kappa shape index (κ1) is 24.6. The van der Waals surface area contributed by atoms with Crippen molar-refractivity contribution in [3.05, 3.63) is 46.4 Å². The van der Waals surface area contributed by atoms with E-state index in [2.05, 4.69) is 15.0 Å². The molecule has 1 amide bonds. The molecule has 9 heteroatoms. The maximum absolute atomic E-state index is 13.0. The number of hydrogen-bond donors (Lipinski definition) is 1. The lowest BCUT2D eigenvalue weighted by molar-refractivity contribution is 0.0580. The van der Waals surface area contributed by atoms with Gasteiger partial charge < -0.3 is 14.6 Å². The van der Waals surface area contributed by atoms with Crippen molar-refractivity contribution in [1.29, 1.82) is 0 Å². The van der Waals surface area contributed by atoms with E-state index in [4.69, 9.17) is 4.74 Å². The molecule has 33 heavy (non-hydrogen) atoms. The molecule has 0 unspecified atom stereocenters. The van der Waals surface area contributed by atoms with E-state index in [1.54, 1.807) is 17.2 Å². The average Bonchev–Trinajstić information content (AvgIpc) is 2.78. The molecule has 4 rings (SSSR count). The van der Waals surface area contributed by atoms with Crippen LogP contribution in [-0.2, 0) is 4.74 Å². The number of aromatic nitrogens is 3. The summed E-state index contributed by atoms with van der Waals surface area (Å²) in [5, 5.41) is 1.35. The Morgan fingerprint density at radius 2 is 1.91 bits per heavy atom. The molecule has 0 bridgehead atoms.